The van der Waals surface area contributed by atoms with Gasteiger partial charge in [-0.3, -0.25) is 15.0 Å². The van der Waals surface area contributed by atoms with E-state index in [1.807, 2.05) is 11.9 Å². The van der Waals surface area contributed by atoms with Gasteiger partial charge in [-0.05, 0) is 24.6 Å². The summed E-state index contributed by atoms with van der Waals surface area (Å²) in [6.07, 6.45) is 1.01. The van der Waals surface area contributed by atoms with E-state index >= 15 is 0 Å². The van der Waals surface area contributed by atoms with Crippen molar-refractivity contribution in [3.8, 4) is 0 Å². The van der Waals surface area contributed by atoms with Crippen molar-refractivity contribution in [1.82, 2.24) is 15.5 Å². The van der Waals surface area contributed by atoms with Crippen molar-refractivity contribution in [2.45, 2.75) is 19.9 Å². The molecule has 2 N–H and O–H groups in total. The topological polar surface area (TPSA) is 70.7 Å². The molecule has 6 heteroatoms. The highest BCUT2D eigenvalue weighted by molar-refractivity contribution is 5.95. The number of hydrogen-bond donors (Lipinski definition) is 2. The standard InChI is InChI=1S/C16H25N3O3/c1-4-13-5-7-14(8-6-13)11-19(2)12-15(20)18-16(21)17-9-10-22-3/h5-8H,4,9-12H2,1-3H3,(H2,17,18,20,21). The molecule has 0 unspecified atom stereocenters. The predicted molar refractivity (Wildman–Crippen MR) is 85.6 cm³/mol. The normalized spacial score (nSPS) is 10.5. The van der Waals surface area contributed by atoms with Crippen molar-refractivity contribution in [2.75, 3.05) is 33.9 Å². The van der Waals surface area contributed by atoms with Gasteiger partial charge in [0.1, 0.15) is 0 Å². The maximum Gasteiger partial charge on any atom is 0.321 e. The molecule has 0 atom stereocenters. The van der Waals surface area contributed by atoms with Gasteiger partial charge in [0.2, 0.25) is 5.91 Å². The summed E-state index contributed by atoms with van der Waals surface area (Å²) in [5.74, 6) is -0.331. The Morgan fingerprint density at radius 1 is 1.18 bits per heavy atom. The van der Waals surface area contributed by atoms with Crippen LogP contribution in [0.3, 0.4) is 0 Å². The quantitative estimate of drug-likeness (QED) is 0.707. The average Bonchev–Trinajstić information content (AvgIpc) is 2.47. The van der Waals surface area contributed by atoms with Crippen molar-refractivity contribution in [1.29, 1.82) is 0 Å². The fourth-order valence-corrected chi connectivity index (χ4v) is 1.97. The van der Waals surface area contributed by atoms with E-state index in [9.17, 15) is 9.59 Å². The van der Waals surface area contributed by atoms with Crippen molar-refractivity contribution >= 4 is 11.9 Å². The van der Waals surface area contributed by atoms with E-state index in [1.54, 1.807) is 7.11 Å². The maximum absolute atomic E-state index is 11.7. The largest absolute Gasteiger partial charge is 0.383 e. The Bertz CT molecular complexity index is 474. The molecule has 0 fully saturated rings. The number of amides is 3. The van der Waals surface area contributed by atoms with E-state index in [4.69, 9.17) is 4.74 Å². The van der Waals surface area contributed by atoms with Crippen LogP contribution in [0, 0.1) is 0 Å². The van der Waals surface area contributed by atoms with Gasteiger partial charge in [-0.15, -0.1) is 0 Å². The Balaban J connectivity index is 2.32. The highest BCUT2D eigenvalue weighted by Crippen LogP contribution is 2.07. The second kappa shape index (κ2) is 9.92. The van der Waals surface area contributed by atoms with Gasteiger partial charge in [0.05, 0.1) is 13.2 Å². The van der Waals surface area contributed by atoms with Crippen LogP contribution in [0.5, 0.6) is 0 Å². The van der Waals surface area contributed by atoms with E-state index < -0.39 is 6.03 Å². The van der Waals surface area contributed by atoms with E-state index in [0.717, 1.165) is 12.0 Å². The molecule has 3 amide bonds. The second-order valence-corrected chi connectivity index (χ2v) is 5.14. The molecule has 6 nitrogen and oxygen atoms in total. The summed E-state index contributed by atoms with van der Waals surface area (Å²) in [5.41, 5.74) is 2.42. The number of rotatable bonds is 8. The van der Waals surface area contributed by atoms with Gasteiger partial charge in [-0.25, -0.2) is 4.79 Å². The molecule has 0 saturated carbocycles. The molecule has 0 spiro atoms. The summed E-state index contributed by atoms with van der Waals surface area (Å²) >= 11 is 0. The third-order valence-corrected chi connectivity index (χ3v) is 3.14. The lowest BCUT2D eigenvalue weighted by molar-refractivity contribution is -0.120. The first-order chi connectivity index (χ1) is 10.5. The molecule has 0 aliphatic carbocycles. The smallest absolute Gasteiger partial charge is 0.321 e. The average molecular weight is 307 g/mol. The van der Waals surface area contributed by atoms with Gasteiger partial charge in [-0.2, -0.15) is 0 Å². The molecule has 22 heavy (non-hydrogen) atoms. The summed E-state index contributed by atoms with van der Waals surface area (Å²) in [5, 5.41) is 4.82. The summed E-state index contributed by atoms with van der Waals surface area (Å²) < 4.78 is 4.81. The van der Waals surface area contributed by atoms with E-state index in [2.05, 4.69) is 41.8 Å². The van der Waals surface area contributed by atoms with Gasteiger partial charge >= 0.3 is 6.03 Å². The molecule has 1 rings (SSSR count). The molecule has 1 aromatic carbocycles. The summed E-state index contributed by atoms with van der Waals surface area (Å²) in [6, 6.07) is 7.80. The minimum Gasteiger partial charge on any atom is -0.383 e. The Hall–Kier alpha value is -1.92. The summed E-state index contributed by atoms with van der Waals surface area (Å²) in [4.78, 5) is 25.0. The van der Waals surface area contributed by atoms with Crippen LogP contribution in [0.4, 0.5) is 4.79 Å². The van der Waals surface area contributed by atoms with Crippen molar-refractivity contribution in [3.05, 3.63) is 35.4 Å². The predicted octanol–water partition coefficient (Wildman–Crippen LogP) is 1.15. The fraction of sp³-hybridized carbons (Fsp3) is 0.500. The Kier molecular flexibility index (Phi) is 8.17. The zero-order valence-corrected chi connectivity index (χ0v) is 13.5. The Labute approximate surface area is 131 Å². The minimum atomic E-state index is -0.497. The number of hydrogen-bond acceptors (Lipinski definition) is 4. The van der Waals surface area contributed by atoms with Crippen molar-refractivity contribution in [2.24, 2.45) is 0 Å². The molecular formula is C16H25N3O3. The Morgan fingerprint density at radius 3 is 2.41 bits per heavy atom. The van der Waals surface area contributed by atoms with Crippen LogP contribution in [0.15, 0.2) is 24.3 Å². The van der Waals surface area contributed by atoms with E-state index in [1.165, 1.54) is 5.56 Å². The molecule has 0 aromatic heterocycles. The lowest BCUT2D eigenvalue weighted by atomic mass is 10.1. The first-order valence-corrected chi connectivity index (χ1v) is 7.38. The maximum atomic E-state index is 11.7. The van der Waals surface area contributed by atoms with Crippen LogP contribution in [0.25, 0.3) is 0 Å². The third-order valence-electron chi connectivity index (χ3n) is 3.14. The van der Waals surface area contributed by atoms with E-state index in [0.29, 0.717) is 19.7 Å². The highest BCUT2D eigenvalue weighted by Gasteiger charge is 2.10. The molecule has 0 saturated heterocycles. The fourth-order valence-electron chi connectivity index (χ4n) is 1.97. The number of urea groups is 1. The number of nitrogens with zero attached hydrogens (tertiary/aromatic N) is 1. The number of carbonyl (C=O) groups is 2. The van der Waals surface area contributed by atoms with Gasteiger partial charge < -0.3 is 10.1 Å². The number of carbonyl (C=O) groups excluding carboxylic acids is 2. The van der Waals surface area contributed by atoms with Gasteiger partial charge in [-0.1, -0.05) is 31.2 Å². The first kappa shape index (κ1) is 18.1. The number of aryl methyl sites for hydroxylation is 1. The lowest BCUT2D eigenvalue weighted by Crippen LogP contribution is -2.44. The molecule has 0 aliphatic heterocycles. The number of ether oxygens (including phenoxy) is 1. The molecule has 0 aliphatic rings. The lowest BCUT2D eigenvalue weighted by Gasteiger charge is -2.16. The van der Waals surface area contributed by atoms with Crippen LogP contribution in [-0.4, -0.2) is 50.7 Å². The van der Waals surface area contributed by atoms with Crippen LogP contribution in [0.1, 0.15) is 18.1 Å². The van der Waals surface area contributed by atoms with Crippen LogP contribution in [-0.2, 0) is 22.5 Å². The monoisotopic (exact) mass is 307 g/mol. The number of nitrogens with one attached hydrogen (secondary N) is 2. The molecule has 122 valence electrons. The number of imide groups is 1. The van der Waals surface area contributed by atoms with Gasteiger partial charge in [0.15, 0.2) is 0 Å². The molecular weight excluding hydrogens is 282 g/mol. The zero-order valence-electron chi connectivity index (χ0n) is 13.5. The zero-order chi connectivity index (χ0) is 16.4. The molecule has 0 heterocycles. The van der Waals surface area contributed by atoms with Crippen molar-refractivity contribution in [3.63, 3.8) is 0 Å². The number of benzene rings is 1. The van der Waals surface area contributed by atoms with Crippen molar-refractivity contribution < 1.29 is 14.3 Å². The number of likely N-dealkylation sites (N-methyl/N-ethyl adjacent to an activating group) is 1. The first-order valence-electron chi connectivity index (χ1n) is 7.38. The third kappa shape index (κ3) is 7.19. The SMILES string of the molecule is CCc1ccc(CN(C)CC(=O)NC(=O)NCCOC)cc1. The van der Waals surface area contributed by atoms with Crippen LogP contribution >= 0.6 is 0 Å². The summed E-state index contributed by atoms with van der Waals surface area (Å²) in [6.45, 7) is 3.71. The number of methoxy groups -OCH3 is 1. The Morgan fingerprint density at radius 2 is 1.82 bits per heavy atom. The second-order valence-electron chi connectivity index (χ2n) is 5.14. The molecule has 0 bridgehead atoms. The van der Waals surface area contributed by atoms with Gasteiger partial charge in [0, 0.05) is 20.2 Å². The van der Waals surface area contributed by atoms with E-state index in [-0.39, 0.29) is 12.5 Å². The van der Waals surface area contributed by atoms with Gasteiger partial charge in [0.25, 0.3) is 0 Å². The molecule has 0 radical (unpaired) electrons. The minimum absolute atomic E-state index is 0.160. The highest BCUT2D eigenvalue weighted by atomic mass is 16.5. The van der Waals surface area contributed by atoms with Crippen LogP contribution < -0.4 is 10.6 Å². The molecule has 1 aromatic rings. The summed E-state index contributed by atoms with van der Waals surface area (Å²) in [7, 11) is 3.39. The van der Waals surface area contributed by atoms with Crippen LogP contribution in [0.2, 0.25) is 0 Å².